The smallest absolute Gasteiger partial charge is 0.405 e. The number of nitrogens with two attached hydrogens (primary N) is 1. The van der Waals surface area contributed by atoms with E-state index in [-0.39, 0.29) is 11.9 Å². The lowest BCUT2D eigenvalue weighted by atomic mass is 9.97. The molecule has 2 fully saturated rings. The van der Waals surface area contributed by atoms with Crippen LogP contribution in [-0.2, 0) is 16.1 Å². The molecule has 4 atom stereocenters. The summed E-state index contributed by atoms with van der Waals surface area (Å²) in [5, 5.41) is 3.13. The molecule has 0 spiro atoms. The van der Waals surface area contributed by atoms with Gasteiger partial charge in [-0.2, -0.15) is 0 Å². The predicted molar refractivity (Wildman–Crippen MR) is 99.2 cm³/mol. The van der Waals surface area contributed by atoms with E-state index in [4.69, 9.17) is 10.5 Å². The summed E-state index contributed by atoms with van der Waals surface area (Å²) in [6.07, 6.45) is 1.71. The molecular formula is C20H29N3O3. The zero-order valence-electron chi connectivity index (χ0n) is 15.4. The van der Waals surface area contributed by atoms with Gasteiger partial charge >= 0.3 is 6.09 Å². The number of carbonyl (C=O) groups excluding carboxylic acids is 2. The molecule has 26 heavy (non-hydrogen) atoms. The van der Waals surface area contributed by atoms with E-state index in [2.05, 4.69) is 34.5 Å². The molecule has 142 valence electrons. The van der Waals surface area contributed by atoms with Gasteiger partial charge < -0.3 is 15.8 Å². The summed E-state index contributed by atoms with van der Waals surface area (Å²) in [7, 11) is 0. The summed E-state index contributed by atoms with van der Waals surface area (Å²) in [5.41, 5.74) is 6.42. The predicted octanol–water partition coefficient (Wildman–Crippen LogP) is 2.28. The molecule has 3 rings (SSSR count). The van der Waals surface area contributed by atoms with Crippen LogP contribution in [0.15, 0.2) is 30.3 Å². The molecule has 3 N–H and O–H groups in total. The number of fused-ring (bicyclic) bond motifs is 1. The molecular weight excluding hydrogens is 330 g/mol. The van der Waals surface area contributed by atoms with Crippen LogP contribution in [0.3, 0.4) is 0 Å². The molecule has 1 heterocycles. The van der Waals surface area contributed by atoms with E-state index in [0.29, 0.717) is 18.3 Å². The van der Waals surface area contributed by atoms with Gasteiger partial charge in [-0.05, 0) is 36.7 Å². The molecule has 1 saturated carbocycles. The lowest BCUT2D eigenvalue weighted by Crippen LogP contribution is -2.46. The number of benzene rings is 1. The van der Waals surface area contributed by atoms with Crippen LogP contribution < -0.4 is 11.1 Å². The highest BCUT2D eigenvalue weighted by Crippen LogP contribution is 2.38. The van der Waals surface area contributed by atoms with E-state index in [9.17, 15) is 9.59 Å². The van der Waals surface area contributed by atoms with Crippen molar-refractivity contribution in [2.24, 2.45) is 17.6 Å². The first kappa shape index (κ1) is 18.7. The summed E-state index contributed by atoms with van der Waals surface area (Å²) in [6, 6.07) is 10.6. The van der Waals surface area contributed by atoms with Crippen molar-refractivity contribution >= 4 is 12.0 Å². The molecule has 0 aromatic heterocycles. The maximum atomic E-state index is 12.5. The number of hydrogen-bond donors (Lipinski definition) is 2. The van der Waals surface area contributed by atoms with Gasteiger partial charge in [0.25, 0.3) is 5.91 Å². The lowest BCUT2D eigenvalue weighted by Gasteiger charge is -2.24. The SMILES string of the molecule is CCC[C@H](OC(N)=O)C(=O)N[C@@H]1CC[C@H]2CN(Cc3ccccc3)C[C@H]21. The van der Waals surface area contributed by atoms with Gasteiger partial charge in [0, 0.05) is 25.7 Å². The third-order valence-electron chi connectivity index (χ3n) is 5.61. The molecule has 0 unspecified atom stereocenters. The number of hydrogen-bond acceptors (Lipinski definition) is 4. The Morgan fingerprint density at radius 2 is 2.04 bits per heavy atom. The highest BCUT2D eigenvalue weighted by atomic mass is 16.6. The van der Waals surface area contributed by atoms with Crippen molar-refractivity contribution in [2.75, 3.05) is 13.1 Å². The molecule has 1 saturated heterocycles. The largest absolute Gasteiger partial charge is 0.436 e. The maximum absolute atomic E-state index is 12.5. The van der Waals surface area contributed by atoms with Crippen molar-refractivity contribution in [3.05, 3.63) is 35.9 Å². The van der Waals surface area contributed by atoms with Gasteiger partial charge in [-0.25, -0.2) is 4.79 Å². The van der Waals surface area contributed by atoms with E-state index >= 15 is 0 Å². The van der Waals surface area contributed by atoms with Gasteiger partial charge in [0.2, 0.25) is 0 Å². The topological polar surface area (TPSA) is 84.7 Å². The van der Waals surface area contributed by atoms with Gasteiger partial charge in [0.05, 0.1) is 0 Å². The fraction of sp³-hybridized carbons (Fsp3) is 0.600. The van der Waals surface area contributed by atoms with Crippen molar-refractivity contribution < 1.29 is 14.3 Å². The number of rotatable bonds is 7. The van der Waals surface area contributed by atoms with E-state index in [1.54, 1.807) is 0 Å². The average Bonchev–Trinajstić information content (AvgIpc) is 3.16. The second-order valence-corrected chi connectivity index (χ2v) is 7.51. The monoisotopic (exact) mass is 359 g/mol. The van der Waals surface area contributed by atoms with Crippen LogP contribution in [0, 0.1) is 11.8 Å². The summed E-state index contributed by atoms with van der Waals surface area (Å²) >= 11 is 0. The van der Waals surface area contributed by atoms with E-state index in [0.717, 1.165) is 38.9 Å². The quantitative estimate of drug-likeness (QED) is 0.782. The Labute approximate surface area is 155 Å². The first-order chi connectivity index (χ1) is 12.6. The fourth-order valence-electron chi connectivity index (χ4n) is 4.43. The van der Waals surface area contributed by atoms with Gasteiger partial charge in [-0.15, -0.1) is 0 Å². The van der Waals surface area contributed by atoms with Gasteiger partial charge in [0.15, 0.2) is 6.10 Å². The van der Waals surface area contributed by atoms with Crippen molar-refractivity contribution in [3.8, 4) is 0 Å². The number of amides is 2. The fourth-order valence-corrected chi connectivity index (χ4v) is 4.43. The normalized spacial score (nSPS) is 26.3. The van der Waals surface area contributed by atoms with Gasteiger partial charge in [0.1, 0.15) is 0 Å². The van der Waals surface area contributed by atoms with Gasteiger partial charge in [-0.1, -0.05) is 43.7 Å². The molecule has 1 aromatic carbocycles. The molecule has 6 heteroatoms. The summed E-state index contributed by atoms with van der Waals surface area (Å²) < 4.78 is 4.99. The third kappa shape index (κ3) is 4.55. The first-order valence-electron chi connectivity index (χ1n) is 9.59. The standard InChI is InChI=1S/C20H29N3O3/c1-2-6-18(26-20(21)25)19(24)22-17-10-9-15-12-23(13-16(15)17)11-14-7-4-3-5-8-14/h3-5,7-8,15-18H,2,6,9-13H2,1H3,(H2,21,25)(H,22,24)/t15-,16+,17+,18-/m0/s1. The number of nitrogens with zero attached hydrogens (tertiary/aromatic N) is 1. The number of carbonyl (C=O) groups is 2. The van der Waals surface area contributed by atoms with Crippen LogP contribution in [0.25, 0.3) is 0 Å². The number of nitrogens with one attached hydrogen (secondary N) is 1. The third-order valence-corrected chi connectivity index (χ3v) is 5.61. The van der Waals surface area contributed by atoms with Crippen molar-refractivity contribution in [3.63, 3.8) is 0 Å². The first-order valence-corrected chi connectivity index (χ1v) is 9.59. The Bertz CT molecular complexity index is 622. The van der Waals surface area contributed by atoms with Gasteiger partial charge in [-0.3, -0.25) is 9.69 Å². The average molecular weight is 359 g/mol. The molecule has 2 amide bonds. The number of likely N-dealkylation sites (tertiary alicyclic amines) is 1. The minimum atomic E-state index is -0.891. The Kier molecular flexibility index (Phi) is 6.14. The lowest BCUT2D eigenvalue weighted by molar-refractivity contribution is -0.130. The minimum absolute atomic E-state index is 0.157. The zero-order valence-corrected chi connectivity index (χ0v) is 15.4. The number of primary amides is 1. The van der Waals surface area contributed by atoms with E-state index in [1.807, 2.05) is 13.0 Å². The van der Waals surface area contributed by atoms with E-state index < -0.39 is 12.2 Å². The molecule has 1 aliphatic carbocycles. The maximum Gasteiger partial charge on any atom is 0.405 e. The molecule has 1 aromatic rings. The Morgan fingerprint density at radius 1 is 1.27 bits per heavy atom. The van der Waals surface area contributed by atoms with Crippen molar-refractivity contribution in [2.45, 2.75) is 51.3 Å². The van der Waals surface area contributed by atoms with Crippen LogP contribution >= 0.6 is 0 Å². The van der Waals surface area contributed by atoms with Crippen LogP contribution in [0.1, 0.15) is 38.2 Å². The second-order valence-electron chi connectivity index (χ2n) is 7.51. The highest BCUT2D eigenvalue weighted by Gasteiger charge is 2.43. The Hall–Kier alpha value is -2.08. The van der Waals surface area contributed by atoms with Crippen LogP contribution in [0.4, 0.5) is 4.79 Å². The molecule has 6 nitrogen and oxygen atoms in total. The van der Waals surface area contributed by atoms with Crippen molar-refractivity contribution in [1.82, 2.24) is 10.2 Å². The summed E-state index contributed by atoms with van der Waals surface area (Å²) in [4.78, 5) is 26.0. The van der Waals surface area contributed by atoms with Crippen molar-refractivity contribution in [1.29, 1.82) is 0 Å². The second kappa shape index (κ2) is 8.54. The van der Waals surface area contributed by atoms with Crippen LogP contribution in [0.5, 0.6) is 0 Å². The minimum Gasteiger partial charge on any atom is -0.436 e. The highest BCUT2D eigenvalue weighted by molar-refractivity contribution is 5.83. The summed E-state index contributed by atoms with van der Waals surface area (Å²) in [5.74, 6) is 0.891. The number of ether oxygens (including phenoxy) is 1. The summed E-state index contributed by atoms with van der Waals surface area (Å²) in [6.45, 7) is 4.99. The molecule has 0 radical (unpaired) electrons. The zero-order chi connectivity index (χ0) is 18.5. The molecule has 0 bridgehead atoms. The molecule has 1 aliphatic heterocycles. The van der Waals surface area contributed by atoms with Crippen LogP contribution in [0.2, 0.25) is 0 Å². The van der Waals surface area contributed by atoms with Crippen LogP contribution in [-0.4, -0.2) is 42.1 Å². The Balaban J connectivity index is 1.55. The van der Waals surface area contributed by atoms with E-state index in [1.165, 1.54) is 5.56 Å². The molecule has 2 aliphatic rings. The Morgan fingerprint density at radius 3 is 2.73 bits per heavy atom.